The highest BCUT2D eigenvalue weighted by molar-refractivity contribution is 6.09. The lowest BCUT2D eigenvalue weighted by Gasteiger charge is -2.25. The van der Waals surface area contributed by atoms with Crippen LogP contribution in [0.4, 0.5) is 9.18 Å². The molecule has 1 heterocycles. The summed E-state index contributed by atoms with van der Waals surface area (Å²) in [6, 6.07) is 13.4. The average molecular weight is 427 g/mol. The second kappa shape index (κ2) is 8.95. The number of amides is 4. The number of carbonyl (C=O) groups excluding carboxylic acids is 4. The number of hydrogen-bond donors (Lipinski definition) is 1. The molecule has 162 valence electrons. The lowest BCUT2D eigenvalue weighted by atomic mass is 9.92. The highest BCUT2D eigenvalue weighted by Gasteiger charge is 2.49. The van der Waals surface area contributed by atoms with E-state index >= 15 is 0 Å². The van der Waals surface area contributed by atoms with E-state index in [1.807, 2.05) is 6.07 Å². The van der Waals surface area contributed by atoms with E-state index in [0.29, 0.717) is 5.56 Å². The highest BCUT2D eigenvalue weighted by atomic mass is 19.1. The summed E-state index contributed by atoms with van der Waals surface area (Å²) in [6.07, 6.45) is 0. The minimum Gasteiger partial charge on any atom is -0.468 e. The molecule has 8 nitrogen and oxygen atoms in total. The van der Waals surface area contributed by atoms with Crippen LogP contribution >= 0.6 is 0 Å². The molecule has 9 heteroatoms. The smallest absolute Gasteiger partial charge is 0.325 e. The summed E-state index contributed by atoms with van der Waals surface area (Å²) in [6.45, 7) is 0.711. The van der Waals surface area contributed by atoms with E-state index in [4.69, 9.17) is 0 Å². The minimum atomic E-state index is -1.43. The van der Waals surface area contributed by atoms with Gasteiger partial charge in [0.25, 0.3) is 5.91 Å². The first kappa shape index (κ1) is 21.9. The van der Waals surface area contributed by atoms with Gasteiger partial charge in [0, 0.05) is 6.54 Å². The summed E-state index contributed by atoms with van der Waals surface area (Å²) >= 11 is 0. The standard InChI is InChI=1S/C22H22FN3O5/c1-22(16-8-10-17(23)11-9-16)20(29)26(21(30)24-22)13-18(27)25(14-19(28)31-2)12-15-6-4-3-5-7-15/h3-11H,12-14H2,1-2H3,(H,24,30). The normalized spacial score (nSPS) is 18.0. The Bertz CT molecular complexity index is 996. The average Bonchev–Trinajstić information content (AvgIpc) is 2.98. The van der Waals surface area contributed by atoms with Crippen LogP contribution in [-0.4, -0.2) is 53.8 Å². The Labute approximate surface area is 178 Å². The molecule has 1 fully saturated rings. The van der Waals surface area contributed by atoms with Gasteiger partial charge in [0.2, 0.25) is 5.91 Å². The Kier molecular flexibility index (Phi) is 6.33. The van der Waals surface area contributed by atoms with Crippen molar-refractivity contribution in [2.24, 2.45) is 0 Å². The van der Waals surface area contributed by atoms with Gasteiger partial charge in [-0.2, -0.15) is 0 Å². The number of rotatable bonds is 7. The van der Waals surface area contributed by atoms with Gasteiger partial charge in [0.15, 0.2) is 0 Å². The van der Waals surface area contributed by atoms with Crippen molar-refractivity contribution < 1.29 is 28.3 Å². The molecule has 0 saturated carbocycles. The summed E-state index contributed by atoms with van der Waals surface area (Å²) in [5.74, 6) is -2.34. The molecule has 0 radical (unpaired) electrons. The molecule has 1 aliphatic rings. The maximum atomic E-state index is 13.3. The summed E-state index contributed by atoms with van der Waals surface area (Å²) in [5, 5.41) is 2.56. The molecule has 1 atom stereocenters. The van der Waals surface area contributed by atoms with E-state index in [1.54, 1.807) is 24.3 Å². The molecule has 0 aliphatic carbocycles. The number of carbonyl (C=O) groups is 4. The van der Waals surface area contributed by atoms with Crippen LogP contribution in [0.25, 0.3) is 0 Å². The van der Waals surface area contributed by atoms with Crippen LogP contribution in [0.1, 0.15) is 18.1 Å². The van der Waals surface area contributed by atoms with Crippen LogP contribution in [0.2, 0.25) is 0 Å². The Morgan fingerprint density at radius 3 is 2.35 bits per heavy atom. The number of benzene rings is 2. The fourth-order valence-corrected chi connectivity index (χ4v) is 3.31. The molecule has 1 unspecified atom stereocenters. The van der Waals surface area contributed by atoms with Crippen molar-refractivity contribution in [1.29, 1.82) is 0 Å². The Balaban J connectivity index is 1.78. The van der Waals surface area contributed by atoms with E-state index in [0.717, 1.165) is 10.5 Å². The largest absolute Gasteiger partial charge is 0.468 e. The molecule has 2 aromatic carbocycles. The second-order valence-electron chi connectivity index (χ2n) is 7.26. The van der Waals surface area contributed by atoms with Gasteiger partial charge in [-0.1, -0.05) is 42.5 Å². The molecule has 0 aromatic heterocycles. The van der Waals surface area contributed by atoms with Gasteiger partial charge in [-0.05, 0) is 30.2 Å². The number of halogens is 1. The van der Waals surface area contributed by atoms with Crippen molar-refractivity contribution in [3.63, 3.8) is 0 Å². The zero-order valence-corrected chi connectivity index (χ0v) is 17.1. The molecule has 0 bridgehead atoms. The van der Waals surface area contributed by atoms with Gasteiger partial charge in [-0.3, -0.25) is 19.3 Å². The first-order valence-electron chi connectivity index (χ1n) is 9.53. The zero-order chi connectivity index (χ0) is 22.6. The minimum absolute atomic E-state index is 0.105. The van der Waals surface area contributed by atoms with Crippen molar-refractivity contribution in [2.75, 3.05) is 20.2 Å². The Morgan fingerprint density at radius 1 is 1.10 bits per heavy atom. The molecule has 3 rings (SSSR count). The molecule has 0 spiro atoms. The molecule has 1 aliphatic heterocycles. The number of esters is 1. The van der Waals surface area contributed by atoms with Crippen molar-refractivity contribution in [3.05, 3.63) is 71.5 Å². The van der Waals surface area contributed by atoms with Crippen LogP contribution in [0.15, 0.2) is 54.6 Å². The third kappa shape index (κ3) is 4.71. The van der Waals surface area contributed by atoms with Gasteiger partial charge in [0.1, 0.15) is 24.4 Å². The number of ether oxygens (including phenoxy) is 1. The van der Waals surface area contributed by atoms with Crippen LogP contribution in [0, 0.1) is 5.82 Å². The van der Waals surface area contributed by atoms with E-state index in [9.17, 15) is 23.6 Å². The number of imide groups is 1. The van der Waals surface area contributed by atoms with Gasteiger partial charge in [-0.25, -0.2) is 9.18 Å². The van der Waals surface area contributed by atoms with Crippen LogP contribution in [0.5, 0.6) is 0 Å². The van der Waals surface area contributed by atoms with Gasteiger partial charge in [-0.15, -0.1) is 0 Å². The Hall–Kier alpha value is -3.75. The molecule has 2 aromatic rings. The van der Waals surface area contributed by atoms with E-state index in [-0.39, 0.29) is 13.1 Å². The molecular formula is C22H22FN3O5. The summed E-state index contributed by atoms with van der Waals surface area (Å²) < 4.78 is 17.9. The predicted octanol–water partition coefficient (Wildman–Crippen LogP) is 1.79. The van der Waals surface area contributed by atoms with Gasteiger partial charge in [0.05, 0.1) is 7.11 Å². The zero-order valence-electron chi connectivity index (χ0n) is 17.1. The van der Waals surface area contributed by atoms with Crippen molar-refractivity contribution in [2.45, 2.75) is 19.0 Å². The number of nitrogens with one attached hydrogen (secondary N) is 1. The number of hydrogen-bond acceptors (Lipinski definition) is 5. The van der Waals surface area contributed by atoms with E-state index in [1.165, 1.54) is 43.2 Å². The van der Waals surface area contributed by atoms with Crippen molar-refractivity contribution in [3.8, 4) is 0 Å². The number of methoxy groups -OCH3 is 1. The van der Waals surface area contributed by atoms with Crippen molar-refractivity contribution >= 4 is 23.8 Å². The summed E-state index contributed by atoms with van der Waals surface area (Å²) in [7, 11) is 1.21. The third-order valence-corrected chi connectivity index (χ3v) is 5.11. The van der Waals surface area contributed by atoms with Crippen LogP contribution in [-0.2, 0) is 31.2 Å². The summed E-state index contributed by atoms with van der Waals surface area (Å²) in [4.78, 5) is 52.2. The fraction of sp³-hybridized carbons (Fsp3) is 0.273. The number of nitrogens with zero attached hydrogens (tertiary/aromatic N) is 2. The predicted molar refractivity (Wildman–Crippen MR) is 108 cm³/mol. The Morgan fingerprint density at radius 2 is 1.74 bits per heavy atom. The molecule has 1 saturated heterocycles. The van der Waals surface area contributed by atoms with E-state index in [2.05, 4.69) is 10.1 Å². The molecule has 4 amide bonds. The molecular weight excluding hydrogens is 405 g/mol. The van der Waals surface area contributed by atoms with E-state index < -0.39 is 41.7 Å². The highest BCUT2D eigenvalue weighted by Crippen LogP contribution is 2.29. The first-order chi connectivity index (χ1) is 14.7. The maximum Gasteiger partial charge on any atom is 0.325 e. The van der Waals surface area contributed by atoms with Crippen LogP contribution in [0.3, 0.4) is 0 Å². The second-order valence-corrected chi connectivity index (χ2v) is 7.26. The SMILES string of the molecule is COC(=O)CN(Cc1ccccc1)C(=O)CN1C(=O)NC(C)(c2ccc(F)cc2)C1=O. The topological polar surface area (TPSA) is 96.0 Å². The van der Waals surface area contributed by atoms with Crippen LogP contribution < -0.4 is 5.32 Å². The number of urea groups is 1. The summed E-state index contributed by atoms with van der Waals surface area (Å²) in [5.41, 5.74) is -0.275. The van der Waals surface area contributed by atoms with Gasteiger partial charge >= 0.3 is 12.0 Å². The lowest BCUT2D eigenvalue weighted by Crippen LogP contribution is -2.45. The van der Waals surface area contributed by atoms with Gasteiger partial charge < -0.3 is 15.0 Å². The first-order valence-corrected chi connectivity index (χ1v) is 9.53. The lowest BCUT2D eigenvalue weighted by molar-refractivity contribution is -0.148. The monoisotopic (exact) mass is 427 g/mol. The maximum absolute atomic E-state index is 13.3. The molecule has 1 N–H and O–H groups in total. The fourth-order valence-electron chi connectivity index (χ4n) is 3.31. The van der Waals surface area contributed by atoms with Crippen molar-refractivity contribution in [1.82, 2.24) is 15.1 Å². The quantitative estimate of drug-likeness (QED) is 0.537. The molecule has 31 heavy (non-hydrogen) atoms. The third-order valence-electron chi connectivity index (χ3n) is 5.11.